The van der Waals surface area contributed by atoms with Crippen molar-refractivity contribution in [2.75, 3.05) is 20.1 Å². The molecule has 28 heavy (non-hydrogen) atoms. The highest BCUT2D eigenvalue weighted by molar-refractivity contribution is 8.00. The van der Waals surface area contributed by atoms with Crippen LogP contribution in [0.2, 0.25) is 5.02 Å². The molecule has 0 spiro atoms. The second-order valence-electron chi connectivity index (χ2n) is 7.20. The number of likely N-dealkylation sites (tertiary alicyclic amines) is 1. The van der Waals surface area contributed by atoms with E-state index in [0.717, 1.165) is 42.1 Å². The Morgan fingerprint density at radius 2 is 1.82 bits per heavy atom. The third-order valence-corrected chi connectivity index (χ3v) is 6.22. The van der Waals surface area contributed by atoms with Gasteiger partial charge in [-0.25, -0.2) is 0 Å². The zero-order valence-electron chi connectivity index (χ0n) is 16.4. The fourth-order valence-electron chi connectivity index (χ4n) is 3.08. The highest BCUT2D eigenvalue weighted by Gasteiger charge is 2.18. The molecule has 1 heterocycles. The van der Waals surface area contributed by atoms with Gasteiger partial charge >= 0.3 is 0 Å². The van der Waals surface area contributed by atoms with Crippen molar-refractivity contribution in [2.45, 2.75) is 42.6 Å². The molecule has 4 nitrogen and oxygen atoms in total. The number of halogens is 1. The number of nitrogens with zero attached hydrogens (tertiary/aromatic N) is 1. The van der Waals surface area contributed by atoms with Gasteiger partial charge in [0.05, 0.1) is 5.25 Å². The Kier molecular flexibility index (Phi) is 7.65. The summed E-state index contributed by atoms with van der Waals surface area (Å²) in [5, 5.41) is 3.53. The van der Waals surface area contributed by atoms with Crippen molar-refractivity contribution in [3.8, 4) is 5.75 Å². The Bertz CT molecular complexity index is 759. The second kappa shape index (κ2) is 10.2. The number of ether oxygens (including phenoxy) is 1. The topological polar surface area (TPSA) is 41.6 Å². The third kappa shape index (κ3) is 6.43. The van der Waals surface area contributed by atoms with Crippen LogP contribution < -0.4 is 10.1 Å². The maximum Gasteiger partial charge on any atom is 0.233 e. The fourth-order valence-corrected chi connectivity index (χ4v) is 4.10. The lowest BCUT2D eigenvalue weighted by atomic mass is 10.1. The number of hydrogen-bond acceptors (Lipinski definition) is 4. The van der Waals surface area contributed by atoms with Crippen molar-refractivity contribution in [2.24, 2.45) is 0 Å². The van der Waals surface area contributed by atoms with E-state index in [-0.39, 0.29) is 11.2 Å². The number of amides is 1. The molecule has 2 aromatic carbocycles. The van der Waals surface area contributed by atoms with Gasteiger partial charge in [0, 0.05) is 29.6 Å². The summed E-state index contributed by atoms with van der Waals surface area (Å²) in [6, 6.07) is 15.5. The van der Waals surface area contributed by atoms with Gasteiger partial charge in [0.1, 0.15) is 11.9 Å². The number of carbonyl (C=O) groups excluding carboxylic acids is 1. The lowest BCUT2D eigenvalue weighted by Crippen LogP contribution is -2.35. The summed E-state index contributed by atoms with van der Waals surface area (Å²) in [5.74, 6) is 0.919. The molecular formula is C22H27ClN2O2S. The second-order valence-corrected chi connectivity index (χ2v) is 9.05. The molecule has 1 unspecified atom stereocenters. The van der Waals surface area contributed by atoms with Crippen LogP contribution >= 0.6 is 23.4 Å². The summed E-state index contributed by atoms with van der Waals surface area (Å²) in [5.41, 5.74) is 1.06. The molecule has 1 aliphatic heterocycles. The molecule has 1 saturated heterocycles. The molecule has 0 saturated carbocycles. The fraction of sp³-hybridized carbons (Fsp3) is 0.409. The van der Waals surface area contributed by atoms with Crippen molar-refractivity contribution < 1.29 is 9.53 Å². The van der Waals surface area contributed by atoms with Crippen LogP contribution in [0.15, 0.2) is 53.4 Å². The van der Waals surface area contributed by atoms with E-state index in [1.165, 1.54) is 11.8 Å². The van der Waals surface area contributed by atoms with E-state index < -0.39 is 0 Å². The molecule has 1 N–H and O–H groups in total. The summed E-state index contributed by atoms with van der Waals surface area (Å²) >= 11 is 7.42. The molecule has 6 heteroatoms. The monoisotopic (exact) mass is 418 g/mol. The quantitative estimate of drug-likeness (QED) is 0.666. The number of benzene rings is 2. The Balaban J connectivity index is 1.43. The number of carbonyl (C=O) groups is 1. The third-order valence-electron chi connectivity index (χ3n) is 4.85. The van der Waals surface area contributed by atoms with Gasteiger partial charge in [0.2, 0.25) is 5.91 Å². The minimum Gasteiger partial charge on any atom is -0.490 e. The summed E-state index contributed by atoms with van der Waals surface area (Å²) < 4.78 is 6.07. The van der Waals surface area contributed by atoms with Gasteiger partial charge in [-0.2, -0.15) is 0 Å². The average Bonchev–Trinajstić information content (AvgIpc) is 2.70. The first-order chi connectivity index (χ1) is 13.5. The molecule has 0 radical (unpaired) electrons. The first kappa shape index (κ1) is 21.0. The first-order valence-corrected chi connectivity index (χ1v) is 10.9. The van der Waals surface area contributed by atoms with Crippen LogP contribution in [0.4, 0.5) is 0 Å². The highest BCUT2D eigenvalue weighted by atomic mass is 35.5. The largest absolute Gasteiger partial charge is 0.490 e. The van der Waals surface area contributed by atoms with Crippen LogP contribution in [0.1, 0.15) is 25.3 Å². The van der Waals surface area contributed by atoms with Crippen molar-refractivity contribution in [3.05, 3.63) is 59.1 Å². The summed E-state index contributed by atoms with van der Waals surface area (Å²) in [6.07, 6.45) is 2.43. The van der Waals surface area contributed by atoms with Crippen LogP contribution in [0.3, 0.4) is 0 Å². The maximum absolute atomic E-state index is 12.4. The van der Waals surface area contributed by atoms with E-state index in [2.05, 4.69) is 17.3 Å². The van der Waals surface area contributed by atoms with Gasteiger partial charge < -0.3 is 15.0 Å². The number of rotatable bonds is 7. The van der Waals surface area contributed by atoms with Gasteiger partial charge in [0.15, 0.2) is 0 Å². The zero-order chi connectivity index (χ0) is 19.9. The van der Waals surface area contributed by atoms with Gasteiger partial charge in [-0.05, 0) is 68.8 Å². The molecule has 0 bridgehead atoms. The molecule has 1 amide bonds. The standard InChI is InChI=1S/C22H27ClN2O2S/c1-16(28-21-9-5-18(23)6-10-21)22(26)24-15-17-3-7-19(8-4-17)27-20-11-13-25(2)14-12-20/h3-10,16,20H,11-15H2,1-2H3,(H,24,26). The van der Waals surface area contributed by atoms with Gasteiger partial charge in [0.25, 0.3) is 0 Å². The predicted octanol–water partition coefficient (Wildman–Crippen LogP) is 4.61. The van der Waals surface area contributed by atoms with Crippen molar-refractivity contribution in [1.29, 1.82) is 0 Å². The van der Waals surface area contributed by atoms with Crippen molar-refractivity contribution in [1.82, 2.24) is 10.2 Å². The maximum atomic E-state index is 12.4. The lowest BCUT2D eigenvalue weighted by molar-refractivity contribution is -0.120. The number of thioether (sulfide) groups is 1. The van der Waals surface area contributed by atoms with E-state index in [0.29, 0.717) is 17.7 Å². The predicted molar refractivity (Wildman–Crippen MR) is 116 cm³/mol. The van der Waals surface area contributed by atoms with E-state index in [4.69, 9.17) is 16.3 Å². The summed E-state index contributed by atoms with van der Waals surface area (Å²) in [6.45, 7) is 4.59. The first-order valence-electron chi connectivity index (χ1n) is 9.63. The molecule has 1 fully saturated rings. The molecule has 1 aliphatic rings. The molecule has 0 aromatic heterocycles. The molecule has 2 aromatic rings. The average molecular weight is 419 g/mol. The SMILES string of the molecule is CC(Sc1ccc(Cl)cc1)C(=O)NCc1ccc(OC2CCN(C)CC2)cc1. The Morgan fingerprint density at radius 3 is 2.46 bits per heavy atom. The lowest BCUT2D eigenvalue weighted by Gasteiger charge is -2.29. The zero-order valence-corrected chi connectivity index (χ0v) is 17.9. The van der Waals surface area contributed by atoms with Crippen molar-refractivity contribution >= 4 is 29.3 Å². The van der Waals surface area contributed by atoms with Gasteiger partial charge in [-0.3, -0.25) is 4.79 Å². The normalized spacial score (nSPS) is 16.5. The van der Waals surface area contributed by atoms with E-state index >= 15 is 0 Å². The van der Waals surface area contributed by atoms with Crippen molar-refractivity contribution in [3.63, 3.8) is 0 Å². The van der Waals surface area contributed by atoms with E-state index in [1.54, 1.807) is 0 Å². The van der Waals surface area contributed by atoms with Crippen LogP contribution in [0, 0.1) is 0 Å². The Hall–Kier alpha value is -1.69. The highest BCUT2D eigenvalue weighted by Crippen LogP contribution is 2.25. The van der Waals surface area contributed by atoms with Gasteiger partial charge in [-0.1, -0.05) is 23.7 Å². The Morgan fingerprint density at radius 1 is 1.18 bits per heavy atom. The molecule has 1 atom stereocenters. The molecule has 150 valence electrons. The minimum absolute atomic E-state index is 0.0200. The van der Waals surface area contributed by atoms with Crippen LogP contribution in [-0.2, 0) is 11.3 Å². The number of nitrogens with one attached hydrogen (secondary N) is 1. The van der Waals surface area contributed by atoms with Crippen LogP contribution in [-0.4, -0.2) is 42.3 Å². The minimum atomic E-state index is -0.173. The van der Waals surface area contributed by atoms with E-state index in [9.17, 15) is 4.79 Å². The molecule has 3 rings (SSSR count). The van der Waals surface area contributed by atoms with Crippen LogP contribution in [0.5, 0.6) is 5.75 Å². The Labute approximate surface area is 176 Å². The number of hydrogen-bond donors (Lipinski definition) is 1. The molecule has 0 aliphatic carbocycles. The summed E-state index contributed by atoms with van der Waals surface area (Å²) in [7, 11) is 2.15. The summed E-state index contributed by atoms with van der Waals surface area (Å²) in [4.78, 5) is 15.7. The van der Waals surface area contributed by atoms with Crippen LogP contribution in [0.25, 0.3) is 0 Å². The van der Waals surface area contributed by atoms with E-state index in [1.807, 2.05) is 55.5 Å². The smallest absolute Gasteiger partial charge is 0.233 e. The molecular weight excluding hydrogens is 392 g/mol. The number of piperidine rings is 1. The van der Waals surface area contributed by atoms with Gasteiger partial charge in [-0.15, -0.1) is 11.8 Å².